The Morgan fingerprint density at radius 1 is 1.15 bits per heavy atom. The van der Waals surface area contributed by atoms with E-state index in [2.05, 4.69) is 15.9 Å². The van der Waals surface area contributed by atoms with Gasteiger partial charge in [0, 0.05) is 29.0 Å². The number of ketones is 1. The Morgan fingerprint density at radius 2 is 1.77 bits per heavy atom. The summed E-state index contributed by atoms with van der Waals surface area (Å²) in [7, 11) is 0. The number of halogens is 2. The molecule has 0 saturated carbocycles. The highest BCUT2D eigenvalue weighted by Gasteiger charge is 2.28. The van der Waals surface area contributed by atoms with E-state index in [4.69, 9.17) is 5.73 Å². The Kier molecular flexibility index (Phi) is 5.41. The maximum Gasteiger partial charge on any atom is 0.253 e. The normalized spacial score (nSPS) is 15.1. The molecule has 0 atom stereocenters. The molecule has 0 aliphatic carbocycles. The van der Waals surface area contributed by atoms with Crippen LogP contribution in [0, 0.1) is 18.7 Å². The molecule has 1 aliphatic heterocycles. The van der Waals surface area contributed by atoms with Crippen molar-refractivity contribution in [2.45, 2.75) is 19.8 Å². The fourth-order valence-electron chi connectivity index (χ4n) is 3.39. The summed E-state index contributed by atoms with van der Waals surface area (Å²) in [5.41, 5.74) is 7.58. The van der Waals surface area contributed by atoms with Crippen LogP contribution < -0.4 is 10.6 Å². The molecule has 3 rings (SSSR count). The zero-order valence-corrected chi connectivity index (χ0v) is 16.1. The second-order valence-corrected chi connectivity index (χ2v) is 7.55. The molecule has 0 aromatic heterocycles. The largest absolute Gasteiger partial charge is 0.371 e. The Bertz CT molecular complexity index is 844. The first-order valence-corrected chi connectivity index (χ1v) is 9.31. The highest BCUT2D eigenvalue weighted by molar-refractivity contribution is 9.10. The number of aryl methyl sites for hydroxylation is 1. The van der Waals surface area contributed by atoms with E-state index in [1.165, 1.54) is 6.07 Å². The van der Waals surface area contributed by atoms with Gasteiger partial charge < -0.3 is 10.6 Å². The lowest BCUT2D eigenvalue weighted by Gasteiger charge is -2.34. The number of piperidine rings is 1. The Hall–Kier alpha value is -2.21. The first-order chi connectivity index (χ1) is 12.4. The molecular formula is C20H20BrFN2O2. The first kappa shape index (κ1) is 18.6. The highest BCUT2D eigenvalue weighted by atomic mass is 79.9. The molecule has 0 radical (unpaired) electrons. The van der Waals surface area contributed by atoms with Crippen molar-refractivity contribution in [3.63, 3.8) is 0 Å². The summed E-state index contributed by atoms with van der Waals surface area (Å²) in [4.78, 5) is 26.3. The number of primary amides is 1. The van der Waals surface area contributed by atoms with Gasteiger partial charge in [0.2, 0.25) is 0 Å². The maximum absolute atomic E-state index is 14.2. The molecule has 6 heteroatoms. The van der Waals surface area contributed by atoms with Gasteiger partial charge in [-0.1, -0.05) is 45.8 Å². The van der Waals surface area contributed by atoms with Crippen LogP contribution in [-0.4, -0.2) is 24.8 Å². The van der Waals surface area contributed by atoms with Crippen LogP contribution in [-0.2, 0) is 0 Å². The van der Waals surface area contributed by atoms with Gasteiger partial charge in [-0.15, -0.1) is 0 Å². The minimum Gasteiger partial charge on any atom is -0.371 e. The van der Waals surface area contributed by atoms with Crippen LogP contribution in [0.25, 0.3) is 0 Å². The van der Waals surface area contributed by atoms with Crippen molar-refractivity contribution in [1.29, 1.82) is 0 Å². The van der Waals surface area contributed by atoms with Crippen LogP contribution in [0.3, 0.4) is 0 Å². The van der Waals surface area contributed by atoms with E-state index in [-0.39, 0.29) is 17.3 Å². The standard InChI is InChI=1S/C20H20BrFN2O2/c1-12-2-4-13(5-3-12)19(25)14-6-8-24(9-7-14)17-11-15(21)10-16(22)18(17)20(23)26/h2-5,10-11,14H,6-9H2,1H3,(H2,23,26). The number of carbonyl (C=O) groups is 2. The Labute approximate surface area is 160 Å². The van der Waals surface area contributed by atoms with Gasteiger partial charge in [0.05, 0.1) is 11.3 Å². The average Bonchev–Trinajstić information content (AvgIpc) is 2.61. The van der Waals surface area contributed by atoms with Gasteiger partial charge >= 0.3 is 0 Å². The topological polar surface area (TPSA) is 63.4 Å². The number of anilines is 1. The van der Waals surface area contributed by atoms with Crippen molar-refractivity contribution in [2.75, 3.05) is 18.0 Å². The summed E-state index contributed by atoms with van der Waals surface area (Å²) in [6.07, 6.45) is 1.30. The lowest BCUT2D eigenvalue weighted by molar-refractivity contribution is 0.0899. The number of nitrogens with zero attached hydrogens (tertiary/aromatic N) is 1. The summed E-state index contributed by atoms with van der Waals surface area (Å²) in [5, 5.41) is 0. The van der Waals surface area contributed by atoms with Crippen molar-refractivity contribution in [1.82, 2.24) is 0 Å². The quantitative estimate of drug-likeness (QED) is 0.760. The third kappa shape index (κ3) is 3.80. The van der Waals surface area contributed by atoms with Gasteiger partial charge in [0.1, 0.15) is 5.82 Å². The van der Waals surface area contributed by atoms with E-state index in [1.54, 1.807) is 6.07 Å². The molecule has 1 amide bonds. The van der Waals surface area contributed by atoms with Gasteiger partial charge in [-0.2, -0.15) is 0 Å². The van der Waals surface area contributed by atoms with Crippen LogP contribution in [0.2, 0.25) is 0 Å². The molecule has 0 unspecified atom stereocenters. The van der Waals surface area contributed by atoms with Crippen LogP contribution >= 0.6 is 15.9 Å². The monoisotopic (exact) mass is 418 g/mol. The van der Waals surface area contributed by atoms with Crippen molar-refractivity contribution in [3.05, 3.63) is 63.4 Å². The molecule has 1 aliphatic rings. The van der Waals surface area contributed by atoms with E-state index in [0.29, 0.717) is 36.1 Å². The lowest BCUT2D eigenvalue weighted by Crippen LogP contribution is -2.37. The van der Waals surface area contributed by atoms with Gasteiger partial charge in [-0.3, -0.25) is 9.59 Å². The third-order valence-electron chi connectivity index (χ3n) is 4.82. The zero-order valence-electron chi connectivity index (χ0n) is 14.5. The van der Waals surface area contributed by atoms with Crippen molar-refractivity contribution >= 4 is 33.3 Å². The summed E-state index contributed by atoms with van der Waals surface area (Å²) < 4.78 is 14.7. The summed E-state index contributed by atoms with van der Waals surface area (Å²) in [6, 6.07) is 10.5. The summed E-state index contributed by atoms with van der Waals surface area (Å²) in [5.74, 6) is -1.36. The molecule has 0 spiro atoms. The zero-order chi connectivity index (χ0) is 18.8. The predicted octanol–water partition coefficient (Wildman–Crippen LogP) is 4.09. The van der Waals surface area contributed by atoms with E-state index >= 15 is 0 Å². The van der Waals surface area contributed by atoms with Crippen LogP contribution in [0.5, 0.6) is 0 Å². The molecule has 2 aromatic carbocycles. The number of carbonyl (C=O) groups excluding carboxylic acids is 2. The number of hydrogen-bond acceptors (Lipinski definition) is 3. The van der Waals surface area contributed by atoms with E-state index in [9.17, 15) is 14.0 Å². The number of rotatable bonds is 4. The molecule has 0 bridgehead atoms. The molecule has 1 saturated heterocycles. The van der Waals surface area contributed by atoms with E-state index in [0.717, 1.165) is 11.1 Å². The molecule has 2 N–H and O–H groups in total. The van der Waals surface area contributed by atoms with Crippen molar-refractivity contribution < 1.29 is 14.0 Å². The first-order valence-electron chi connectivity index (χ1n) is 8.51. The fraction of sp³-hybridized carbons (Fsp3) is 0.300. The number of nitrogens with two attached hydrogens (primary N) is 1. The van der Waals surface area contributed by atoms with Crippen LogP contribution in [0.1, 0.15) is 39.1 Å². The molecule has 1 heterocycles. The van der Waals surface area contributed by atoms with Gasteiger partial charge in [0.25, 0.3) is 5.91 Å². The van der Waals surface area contributed by atoms with Crippen molar-refractivity contribution in [2.24, 2.45) is 11.7 Å². The second-order valence-electron chi connectivity index (χ2n) is 6.64. The van der Waals surface area contributed by atoms with E-state index < -0.39 is 11.7 Å². The molecule has 26 heavy (non-hydrogen) atoms. The SMILES string of the molecule is Cc1ccc(C(=O)C2CCN(c3cc(Br)cc(F)c3C(N)=O)CC2)cc1. The van der Waals surface area contributed by atoms with Gasteiger partial charge in [-0.05, 0) is 31.9 Å². The molecular weight excluding hydrogens is 399 g/mol. The fourth-order valence-corrected chi connectivity index (χ4v) is 3.81. The Morgan fingerprint density at radius 3 is 2.35 bits per heavy atom. The molecule has 136 valence electrons. The smallest absolute Gasteiger partial charge is 0.253 e. The number of amides is 1. The van der Waals surface area contributed by atoms with Crippen LogP contribution in [0.15, 0.2) is 40.9 Å². The maximum atomic E-state index is 14.2. The number of hydrogen-bond donors (Lipinski definition) is 1. The number of Topliss-reactive ketones (excluding diaryl/α,β-unsaturated/α-hetero) is 1. The minimum atomic E-state index is -0.789. The Balaban J connectivity index is 1.76. The van der Waals surface area contributed by atoms with Gasteiger partial charge in [-0.25, -0.2) is 4.39 Å². The molecule has 1 fully saturated rings. The summed E-state index contributed by atoms with van der Waals surface area (Å²) in [6.45, 7) is 3.12. The lowest BCUT2D eigenvalue weighted by atomic mass is 9.88. The van der Waals surface area contributed by atoms with E-state index in [1.807, 2.05) is 36.1 Å². The van der Waals surface area contributed by atoms with Crippen LogP contribution in [0.4, 0.5) is 10.1 Å². The molecule has 4 nitrogen and oxygen atoms in total. The third-order valence-corrected chi connectivity index (χ3v) is 5.28. The predicted molar refractivity (Wildman–Crippen MR) is 103 cm³/mol. The second kappa shape index (κ2) is 7.58. The van der Waals surface area contributed by atoms with Gasteiger partial charge in [0.15, 0.2) is 5.78 Å². The average molecular weight is 419 g/mol. The summed E-state index contributed by atoms with van der Waals surface area (Å²) >= 11 is 3.26. The minimum absolute atomic E-state index is 0.0667. The van der Waals surface area contributed by atoms with Crippen molar-refractivity contribution in [3.8, 4) is 0 Å². The molecule has 2 aromatic rings. The number of benzene rings is 2. The highest BCUT2D eigenvalue weighted by Crippen LogP contribution is 2.32.